The lowest BCUT2D eigenvalue weighted by molar-refractivity contribution is -0.116. The first-order valence-corrected chi connectivity index (χ1v) is 9.92. The lowest BCUT2D eigenvalue weighted by Crippen LogP contribution is -2.25. The van der Waals surface area contributed by atoms with Gasteiger partial charge in [0.25, 0.3) is 0 Å². The van der Waals surface area contributed by atoms with Crippen LogP contribution >= 0.6 is 0 Å². The highest BCUT2D eigenvalue weighted by atomic mass is 16.7. The van der Waals surface area contributed by atoms with Crippen molar-refractivity contribution < 1.29 is 23.7 Å². The third-order valence-electron chi connectivity index (χ3n) is 5.94. The molecule has 1 fully saturated rings. The molecule has 7 heteroatoms. The molecule has 0 aromatic heterocycles. The van der Waals surface area contributed by atoms with Gasteiger partial charge in [-0.15, -0.1) is 0 Å². The Balaban J connectivity index is 1.65. The number of carbonyl (C=O) groups is 1. The predicted octanol–water partition coefficient (Wildman–Crippen LogP) is 3.51. The second kappa shape index (κ2) is 7.06. The van der Waals surface area contributed by atoms with E-state index < -0.39 is 0 Å². The Bertz CT molecular complexity index is 968. The molecule has 5 rings (SSSR count). The Hall–Kier alpha value is -3.09. The summed E-state index contributed by atoms with van der Waals surface area (Å²) in [6, 6.07) is 7.88. The molecule has 1 atom stereocenters. The van der Waals surface area contributed by atoms with Crippen LogP contribution in [0, 0.1) is 0 Å². The maximum atomic E-state index is 12.5. The van der Waals surface area contributed by atoms with Crippen molar-refractivity contribution >= 4 is 17.3 Å². The van der Waals surface area contributed by atoms with Crippen molar-refractivity contribution in [2.45, 2.75) is 25.2 Å². The van der Waals surface area contributed by atoms with Crippen molar-refractivity contribution in [2.75, 3.05) is 44.3 Å². The Kier molecular flexibility index (Phi) is 4.38. The van der Waals surface area contributed by atoms with E-state index in [1.54, 1.807) is 14.2 Å². The summed E-state index contributed by atoms with van der Waals surface area (Å²) in [5.74, 6) is 2.65. The minimum atomic E-state index is -0.143. The summed E-state index contributed by atoms with van der Waals surface area (Å²) in [5, 5.41) is 3.01. The highest BCUT2D eigenvalue weighted by Gasteiger charge is 2.33. The minimum Gasteiger partial charge on any atom is -0.496 e. The average molecular weight is 396 g/mol. The number of nitrogens with one attached hydrogen (secondary N) is 1. The van der Waals surface area contributed by atoms with Crippen LogP contribution in [0.5, 0.6) is 23.0 Å². The zero-order valence-corrected chi connectivity index (χ0v) is 16.6. The molecule has 0 spiro atoms. The Labute approximate surface area is 169 Å². The first kappa shape index (κ1) is 18.0. The van der Waals surface area contributed by atoms with Crippen LogP contribution in [0.25, 0.3) is 0 Å². The van der Waals surface area contributed by atoms with E-state index in [-0.39, 0.29) is 18.6 Å². The fraction of sp³-hybridized carbons (Fsp3) is 0.409. The molecule has 0 saturated carbocycles. The fourth-order valence-corrected chi connectivity index (χ4v) is 4.51. The van der Waals surface area contributed by atoms with Gasteiger partial charge in [-0.1, -0.05) is 0 Å². The second-order valence-electron chi connectivity index (χ2n) is 7.56. The third kappa shape index (κ3) is 3.01. The molecule has 29 heavy (non-hydrogen) atoms. The van der Waals surface area contributed by atoms with E-state index >= 15 is 0 Å². The molecule has 1 N–H and O–H groups in total. The van der Waals surface area contributed by atoms with E-state index in [0.29, 0.717) is 23.7 Å². The third-order valence-corrected chi connectivity index (χ3v) is 5.94. The Morgan fingerprint density at radius 1 is 0.966 bits per heavy atom. The van der Waals surface area contributed by atoms with Crippen molar-refractivity contribution in [2.24, 2.45) is 0 Å². The number of hydrogen-bond donors (Lipinski definition) is 1. The van der Waals surface area contributed by atoms with Gasteiger partial charge in [-0.3, -0.25) is 4.79 Å². The summed E-state index contributed by atoms with van der Waals surface area (Å²) < 4.78 is 22.4. The molecule has 1 saturated heterocycles. The number of benzene rings is 2. The summed E-state index contributed by atoms with van der Waals surface area (Å²) >= 11 is 0. The molecule has 7 nitrogen and oxygen atoms in total. The minimum absolute atomic E-state index is 0.0294. The number of fused-ring (bicyclic) bond motifs is 2. The van der Waals surface area contributed by atoms with Gasteiger partial charge in [0.05, 0.1) is 19.9 Å². The van der Waals surface area contributed by atoms with Gasteiger partial charge in [-0.25, -0.2) is 0 Å². The van der Waals surface area contributed by atoms with E-state index in [0.717, 1.165) is 41.3 Å². The molecule has 0 radical (unpaired) electrons. The molecule has 2 aromatic carbocycles. The largest absolute Gasteiger partial charge is 0.496 e. The number of ether oxygens (including phenoxy) is 4. The molecule has 2 aromatic rings. The summed E-state index contributed by atoms with van der Waals surface area (Å²) in [5.41, 5.74) is 3.84. The van der Waals surface area contributed by atoms with Crippen LogP contribution in [-0.4, -0.2) is 40.0 Å². The SMILES string of the molecule is COc1cc2c(cc1C1CC(=O)Nc3cc(OC)c(N4CCCC4)cc31)OCO2. The molecule has 0 aliphatic carbocycles. The van der Waals surface area contributed by atoms with Crippen molar-refractivity contribution in [3.8, 4) is 23.0 Å². The number of nitrogens with zero attached hydrogens (tertiary/aromatic N) is 1. The van der Waals surface area contributed by atoms with Gasteiger partial charge in [-0.05, 0) is 30.5 Å². The van der Waals surface area contributed by atoms with Crippen LogP contribution in [0.4, 0.5) is 11.4 Å². The van der Waals surface area contributed by atoms with Gasteiger partial charge in [0.15, 0.2) is 11.5 Å². The molecule has 0 bridgehead atoms. The summed E-state index contributed by atoms with van der Waals surface area (Å²) in [6.07, 6.45) is 2.70. The first-order valence-electron chi connectivity index (χ1n) is 9.92. The lowest BCUT2D eigenvalue weighted by atomic mass is 9.83. The van der Waals surface area contributed by atoms with Crippen LogP contribution in [-0.2, 0) is 4.79 Å². The van der Waals surface area contributed by atoms with Crippen LogP contribution in [0.3, 0.4) is 0 Å². The van der Waals surface area contributed by atoms with Crippen molar-refractivity contribution in [1.82, 2.24) is 0 Å². The Morgan fingerprint density at radius 2 is 1.69 bits per heavy atom. The van der Waals surface area contributed by atoms with Gasteiger partial charge >= 0.3 is 0 Å². The number of anilines is 2. The lowest BCUT2D eigenvalue weighted by Gasteiger charge is -2.30. The smallest absolute Gasteiger partial charge is 0.231 e. The zero-order valence-electron chi connectivity index (χ0n) is 16.6. The van der Waals surface area contributed by atoms with Gasteiger partial charge in [0.2, 0.25) is 12.7 Å². The van der Waals surface area contributed by atoms with Gasteiger partial charge < -0.3 is 29.2 Å². The van der Waals surface area contributed by atoms with E-state index in [4.69, 9.17) is 18.9 Å². The topological polar surface area (TPSA) is 69.3 Å². The normalized spacial score (nSPS) is 19.7. The van der Waals surface area contributed by atoms with Crippen LogP contribution in [0.15, 0.2) is 24.3 Å². The molecule has 1 amide bonds. The van der Waals surface area contributed by atoms with Crippen LogP contribution in [0.1, 0.15) is 36.3 Å². The van der Waals surface area contributed by atoms with Crippen molar-refractivity contribution in [1.29, 1.82) is 0 Å². The van der Waals surface area contributed by atoms with Crippen LogP contribution < -0.4 is 29.2 Å². The van der Waals surface area contributed by atoms with Crippen molar-refractivity contribution in [3.63, 3.8) is 0 Å². The highest BCUT2D eigenvalue weighted by Crippen LogP contribution is 2.48. The maximum absolute atomic E-state index is 12.5. The molecule has 1 unspecified atom stereocenters. The van der Waals surface area contributed by atoms with E-state index in [1.165, 1.54) is 12.8 Å². The predicted molar refractivity (Wildman–Crippen MR) is 109 cm³/mol. The summed E-state index contributed by atoms with van der Waals surface area (Å²) in [7, 11) is 3.30. The molecule has 3 aliphatic rings. The molecular weight excluding hydrogens is 372 g/mol. The number of rotatable bonds is 4. The van der Waals surface area contributed by atoms with E-state index in [9.17, 15) is 4.79 Å². The first-order chi connectivity index (χ1) is 14.2. The van der Waals surface area contributed by atoms with Gasteiger partial charge in [0.1, 0.15) is 11.5 Å². The number of methoxy groups -OCH3 is 2. The maximum Gasteiger partial charge on any atom is 0.231 e. The second-order valence-corrected chi connectivity index (χ2v) is 7.56. The van der Waals surface area contributed by atoms with E-state index in [1.807, 2.05) is 18.2 Å². The monoisotopic (exact) mass is 396 g/mol. The molecule has 3 heterocycles. The quantitative estimate of drug-likeness (QED) is 0.853. The van der Waals surface area contributed by atoms with Gasteiger partial charge in [0, 0.05) is 48.8 Å². The number of carbonyl (C=O) groups excluding carboxylic acids is 1. The van der Waals surface area contributed by atoms with E-state index in [2.05, 4.69) is 16.3 Å². The molecule has 3 aliphatic heterocycles. The number of amides is 1. The van der Waals surface area contributed by atoms with Crippen LogP contribution in [0.2, 0.25) is 0 Å². The highest BCUT2D eigenvalue weighted by molar-refractivity contribution is 5.96. The fourth-order valence-electron chi connectivity index (χ4n) is 4.51. The average Bonchev–Trinajstić information content (AvgIpc) is 3.42. The van der Waals surface area contributed by atoms with Gasteiger partial charge in [-0.2, -0.15) is 0 Å². The standard InChI is InChI=1S/C22H24N2O5/c1-26-18-11-21-20(28-12-29-21)8-15(18)13-9-22(25)23-16-10-19(27-2)17(7-14(13)16)24-5-3-4-6-24/h7-8,10-11,13H,3-6,9,12H2,1-2H3,(H,23,25). The zero-order chi connectivity index (χ0) is 20.0. The summed E-state index contributed by atoms with van der Waals surface area (Å²) in [4.78, 5) is 14.9. The Morgan fingerprint density at radius 3 is 2.41 bits per heavy atom. The molecular formula is C22H24N2O5. The molecule has 152 valence electrons. The van der Waals surface area contributed by atoms with Crippen molar-refractivity contribution in [3.05, 3.63) is 35.4 Å². The number of hydrogen-bond acceptors (Lipinski definition) is 6. The summed E-state index contributed by atoms with van der Waals surface area (Å²) in [6.45, 7) is 2.22.